The fourth-order valence-corrected chi connectivity index (χ4v) is 4.81. The zero-order valence-electron chi connectivity index (χ0n) is 17.0. The third kappa shape index (κ3) is 7.08. The minimum atomic E-state index is -0.0887. The molecule has 0 unspecified atom stereocenters. The van der Waals surface area contributed by atoms with Crippen LogP contribution >= 0.6 is 0 Å². The molecule has 3 saturated carbocycles. The molecule has 0 aliphatic heterocycles. The van der Waals surface area contributed by atoms with Crippen molar-refractivity contribution in [2.75, 3.05) is 19.6 Å². The van der Waals surface area contributed by atoms with E-state index in [0.29, 0.717) is 0 Å². The molecule has 0 aromatic carbocycles. The monoisotopic (exact) mass is 392 g/mol. The summed E-state index contributed by atoms with van der Waals surface area (Å²) in [6.07, 6.45) is 13.1. The van der Waals surface area contributed by atoms with Gasteiger partial charge in [-0.25, -0.2) is 0 Å². The van der Waals surface area contributed by atoms with Crippen molar-refractivity contribution < 1.29 is 14.4 Å². The molecule has 3 aliphatic carbocycles. The number of nitrogens with zero attached hydrogens (tertiary/aromatic N) is 1. The van der Waals surface area contributed by atoms with Crippen LogP contribution in [0.4, 0.5) is 0 Å². The summed E-state index contributed by atoms with van der Waals surface area (Å²) in [5, 5.41) is 9.17. The average molecular weight is 393 g/mol. The second kappa shape index (κ2) is 10.8. The summed E-state index contributed by atoms with van der Waals surface area (Å²) < 4.78 is 0. The number of carbonyl (C=O) groups excluding carboxylic acids is 3. The van der Waals surface area contributed by atoms with Crippen molar-refractivity contribution in [3.63, 3.8) is 0 Å². The Labute approximate surface area is 168 Å². The van der Waals surface area contributed by atoms with E-state index in [1.54, 1.807) is 4.90 Å². The summed E-state index contributed by atoms with van der Waals surface area (Å²) in [6.45, 7) is 0.270. The first-order chi connectivity index (χ1) is 13.6. The third-order valence-electron chi connectivity index (χ3n) is 6.26. The van der Waals surface area contributed by atoms with Gasteiger partial charge in [0.1, 0.15) is 0 Å². The average Bonchev–Trinajstić information content (AvgIpc) is 3.37. The Morgan fingerprint density at radius 3 is 1.04 bits per heavy atom. The maximum absolute atomic E-state index is 12.4. The molecule has 0 saturated heterocycles. The second-order valence-corrected chi connectivity index (χ2v) is 8.79. The van der Waals surface area contributed by atoms with E-state index in [9.17, 15) is 14.4 Å². The van der Waals surface area contributed by atoms with Crippen molar-refractivity contribution >= 4 is 17.7 Å². The molecule has 28 heavy (non-hydrogen) atoms. The van der Waals surface area contributed by atoms with E-state index in [1.165, 1.54) is 0 Å². The molecular weight excluding hydrogens is 356 g/mol. The Kier molecular flexibility index (Phi) is 8.13. The zero-order valence-corrected chi connectivity index (χ0v) is 17.0. The molecule has 3 rings (SSSR count). The minimum Gasteiger partial charge on any atom is -0.352 e. The highest BCUT2D eigenvalue weighted by Gasteiger charge is 2.24. The van der Waals surface area contributed by atoms with Crippen LogP contribution in [0.5, 0.6) is 0 Å². The van der Waals surface area contributed by atoms with Gasteiger partial charge in [-0.1, -0.05) is 38.5 Å². The number of nitrogens with one attached hydrogen (secondary N) is 3. The van der Waals surface area contributed by atoms with E-state index in [0.717, 1.165) is 77.0 Å². The second-order valence-electron chi connectivity index (χ2n) is 8.79. The first kappa shape index (κ1) is 21.1. The number of carbonyl (C=O) groups is 3. The SMILES string of the molecule is O=C(CN(CC(=O)NC1CCCC1)CC(=O)NC1CCCC1)NC1CCCC1. The van der Waals surface area contributed by atoms with Crippen LogP contribution in [-0.4, -0.2) is 60.4 Å². The predicted octanol–water partition coefficient (Wildman–Crippen LogP) is 1.46. The molecule has 7 nitrogen and oxygen atoms in total. The molecule has 3 aliphatic rings. The Hall–Kier alpha value is -1.63. The van der Waals surface area contributed by atoms with Crippen molar-refractivity contribution in [3.8, 4) is 0 Å². The van der Waals surface area contributed by atoms with Gasteiger partial charge in [0.2, 0.25) is 17.7 Å². The van der Waals surface area contributed by atoms with Crippen LogP contribution < -0.4 is 16.0 Å². The van der Waals surface area contributed by atoms with Crippen molar-refractivity contribution in [1.29, 1.82) is 0 Å². The lowest BCUT2D eigenvalue weighted by atomic mass is 10.2. The van der Waals surface area contributed by atoms with Crippen LogP contribution in [0.1, 0.15) is 77.0 Å². The van der Waals surface area contributed by atoms with E-state index in [4.69, 9.17) is 0 Å². The normalized spacial score (nSPS) is 21.3. The van der Waals surface area contributed by atoms with E-state index >= 15 is 0 Å². The number of hydrogen-bond acceptors (Lipinski definition) is 4. The highest BCUT2D eigenvalue weighted by molar-refractivity contribution is 5.84. The van der Waals surface area contributed by atoms with Gasteiger partial charge in [0, 0.05) is 18.1 Å². The van der Waals surface area contributed by atoms with Gasteiger partial charge in [0.05, 0.1) is 19.6 Å². The quantitative estimate of drug-likeness (QED) is 0.554. The predicted molar refractivity (Wildman–Crippen MR) is 108 cm³/mol. The van der Waals surface area contributed by atoms with Crippen LogP contribution in [0.15, 0.2) is 0 Å². The highest BCUT2D eigenvalue weighted by atomic mass is 16.2. The Morgan fingerprint density at radius 1 is 0.536 bits per heavy atom. The lowest BCUT2D eigenvalue weighted by molar-refractivity contribution is -0.128. The van der Waals surface area contributed by atoms with Crippen molar-refractivity contribution in [2.24, 2.45) is 0 Å². The summed E-state index contributed by atoms with van der Waals surface area (Å²) in [6, 6.07) is 0.733. The molecule has 0 atom stereocenters. The molecule has 0 bridgehead atoms. The fraction of sp³-hybridized carbons (Fsp3) is 0.857. The first-order valence-electron chi connectivity index (χ1n) is 11.2. The summed E-state index contributed by atoms with van der Waals surface area (Å²) >= 11 is 0. The number of hydrogen-bond donors (Lipinski definition) is 3. The van der Waals surface area contributed by atoms with Crippen LogP contribution in [0.25, 0.3) is 0 Å². The van der Waals surface area contributed by atoms with E-state index in [1.807, 2.05) is 0 Å². The maximum Gasteiger partial charge on any atom is 0.234 e. The molecule has 0 aromatic rings. The van der Waals surface area contributed by atoms with Gasteiger partial charge in [-0.3, -0.25) is 19.3 Å². The minimum absolute atomic E-state index is 0.0887. The Morgan fingerprint density at radius 2 is 0.786 bits per heavy atom. The first-order valence-corrected chi connectivity index (χ1v) is 11.2. The van der Waals surface area contributed by atoms with Gasteiger partial charge in [0.15, 0.2) is 0 Å². The van der Waals surface area contributed by atoms with Crippen molar-refractivity contribution in [1.82, 2.24) is 20.9 Å². The largest absolute Gasteiger partial charge is 0.352 e. The lowest BCUT2D eigenvalue weighted by Crippen LogP contribution is -2.50. The van der Waals surface area contributed by atoms with Gasteiger partial charge in [0.25, 0.3) is 0 Å². The Bertz CT molecular complexity index is 460. The maximum atomic E-state index is 12.4. The lowest BCUT2D eigenvalue weighted by Gasteiger charge is -2.24. The van der Waals surface area contributed by atoms with Gasteiger partial charge < -0.3 is 16.0 Å². The molecule has 0 aromatic heterocycles. The standard InChI is InChI=1S/C21H36N4O3/c26-19(22-16-7-1-2-8-16)13-25(14-20(27)23-17-9-3-4-10-17)15-21(28)24-18-11-5-6-12-18/h16-18H,1-15H2,(H,22,26)(H,23,27)(H,24,28). The van der Waals surface area contributed by atoms with Crippen LogP contribution in [0.2, 0.25) is 0 Å². The molecule has 3 fully saturated rings. The summed E-state index contributed by atoms with van der Waals surface area (Å²) in [7, 11) is 0. The van der Waals surface area contributed by atoms with E-state index in [2.05, 4.69) is 16.0 Å². The molecule has 7 heteroatoms. The van der Waals surface area contributed by atoms with Gasteiger partial charge in [-0.15, -0.1) is 0 Å². The molecule has 0 spiro atoms. The molecule has 3 amide bonds. The van der Waals surface area contributed by atoms with Crippen LogP contribution in [-0.2, 0) is 14.4 Å². The van der Waals surface area contributed by atoms with Gasteiger partial charge in [-0.05, 0) is 38.5 Å². The zero-order chi connectivity index (χ0) is 19.8. The highest BCUT2D eigenvalue weighted by Crippen LogP contribution is 2.19. The topological polar surface area (TPSA) is 90.5 Å². The van der Waals surface area contributed by atoms with Crippen LogP contribution in [0.3, 0.4) is 0 Å². The molecule has 158 valence electrons. The molecule has 3 N–H and O–H groups in total. The summed E-state index contributed by atoms with van der Waals surface area (Å²) in [4.78, 5) is 39.0. The Balaban J connectivity index is 1.49. The van der Waals surface area contributed by atoms with Crippen molar-refractivity contribution in [2.45, 2.75) is 95.2 Å². The number of amides is 3. The van der Waals surface area contributed by atoms with E-state index < -0.39 is 0 Å². The van der Waals surface area contributed by atoms with Crippen LogP contribution in [0, 0.1) is 0 Å². The number of rotatable bonds is 9. The van der Waals surface area contributed by atoms with E-state index in [-0.39, 0.29) is 55.5 Å². The van der Waals surface area contributed by atoms with Gasteiger partial charge in [-0.2, -0.15) is 0 Å². The summed E-state index contributed by atoms with van der Waals surface area (Å²) in [5.74, 6) is -0.266. The smallest absolute Gasteiger partial charge is 0.234 e. The molecule has 0 radical (unpaired) electrons. The molecule has 0 heterocycles. The molecular formula is C21H36N4O3. The van der Waals surface area contributed by atoms with Gasteiger partial charge >= 0.3 is 0 Å². The fourth-order valence-electron chi connectivity index (χ4n) is 4.81. The summed E-state index contributed by atoms with van der Waals surface area (Å²) in [5.41, 5.74) is 0. The third-order valence-corrected chi connectivity index (χ3v) is 6.26. The van der Waals surface area contributed by atoms with Crippen molar-refractivity contribution in [3.05, 3.63) is 0 Å².